The summed E-state index contributed by atoms with van der Waals surface area (Å²) in [6.07, 6.45) is 0.754. The quantitative estimate of drug-likeness (QED) is 0.863. The number of aliphatic hydroxyl groups is 1. The first-order valence-corrected chi connectivity index (χ1v) is 8.13. The highest BCUT2D eigenvalue weighted by atomic mass is 19.1. The Balaban J connectivity index is 1.82. The van der Waals surface area contributed by atoms with Crippen molar-refractivity contribution in [2.45, 2.75) is 37.8 Å². The van der Waals surface area contributed by atoms with Crippen LogP contribution in [0.5, 0.6) is 0 Å². The van der Waals surface area contributed by atoms with Crippen molar-refractivity contribution in [1.82, 2.24) is 10.3 Å². The molecule has 0 saturated heterocycles. The van der Waals surface area contributed by atoms with Gasteiger partial charge >= 0.3 is 0 Å². The van der Waals surface area contributed by atoms with Gasteiger partial charge in [0, 0.05) is 31.5 Å². The second-order valence-corrected chi connectivity index (χ2v) is 6.47. The maximum atomic E-state index is 14.2. The Morgan fingerprint density at radius 2 is 2.08 bits per heavy atom. The molecule has 1 heterocycles. The zero-order chi connectivity index (χ0) is 18.1. The number of nitrogens with zero attached hydrogens (tertiary/aromatic N) is 2. The summed E-state index contributed by atoms with van der Waals surface area (Å²) in [5.41, 5.74) is 0.363. The molecule has 0 aromatic heterocycles. The molecule has 2 amide bonds. The highest BCUT2D eigenvalue weighted by Gasteiger charge is 2.37. The van der Waals surface area contributed by atoms with E-state index in [1.54, 1.807) is 0 Å². The van der Waals surface area contributed by atoms with Gasteiger partial charge in [0.25, 0.3) is 5.91 Å². The molecule has 2 N–H and O–H groups in total. The fourth-order valence-electron chi connectivity index (χ4n) is 3.16. The Bertz CT molecular complexity index is 732. The van der Waals surface area contributed by atoms with Gasteiger partial charge in [-0.3, -0.25) is 9.59 Å². The number of hydrogen-bond donors (Lipinski definition) is 2. The van der Waals surface area contributed by atoms with Gasteiger partial charge in [0.2, 0.25) is 5.91 Å². The van der Waals surface area contributed by atoms with Crippen molar-refractivity contribution >= 4 is 17.5 Å². The minimum absolute atomic E-state index is 0.150. The first kappa shape index (κ1) is 17.5. The number of hydrogen-bond acceptors (Lipinski definition) is 4. The molecular formula is C17H19F2N3O3. The third kappa shape index (κ3) is 3.68. The molecule has 1 saturated carbocycles. The van der Waals surface area contributed by atoms with Crippen molar-refractivity contribution in [2.75, 3.05) is 7.05 Å². The highest BCUT2D eigenvalue weighted by Crippen LogP contribution is 2.39. The van der Waals surface area contributed by atoms with Crippen LogP contribution in [-0.4, -0.2) is 40.8 Å². The molecule has 8 heteroatoms. The Morgan fingerprint density at radius 3 is 2.68 bits per heavy atom. The highest BCUT2D eigenvalue weighted by molar-refractivity contribution is 6.39. The molecule has 1 aromatic carbocycles. The van der Waals surface area contributed by atoms with Crippen LogP contribution >= 0.6 is 0 Å². The molecule has 0 spiro atoms. The number of benzene rings is 1. The molecule has 3 rings (SSSR count). The summed E-state index contributed by atoms with van der Waals surface area (Å²) < 4.78 is 27.4. The topological polar surface area (TPSA) is 82.0 Å². The van der Waals surface area contributed by atoms with Gasteiger partial charge in [-0.05, 0) is 24.8 Å². The van der Waals surface area contributed by atoms with E-state index in [2.05, 4.69) is 10.4 Å². The van der Waals surface area contributed by atoms with Crippen LogP contribution in [0.2, 0.25) is 0 Å². The van der Waals surface area contributed by atoms with Crippen molar-refractivity contribution in [1.29, 1.82) is 0 Å². The van der Waals surface area contributed by atoms with Crippen LogP contribution in [0.3, 0.4) is 0 Å². The smallest absolute Gasteiger partial charge is 0.267 e. The molecule has 0 unspecified atom stereocenters. The molecule has 0 bridgehead atoms. The van der Waals surface area contributed by atoms with Gasteiger partial charge in [0.1, 0.15) is 17.3 Å². The zero-order valence-electron chi connectivity index (χ0n) is 13.7. The van der Waals surface area contributed by atoms with Gasteiger partial charge in [0.15, 0.2) is 0 Å². The molecule has 1 aliphatic carbocycles. The minimum atomic E-state index is -0.746. The first-order valence-electron chi connectivity index (χ1n) is 8.13. The van der Waals surface area contributed by atoms with E-state index in [4.69, 9.17) is 0 Å². The minimum Gasteiger partial charge on any atom is -0.393 e. The molecule has 1 aromatic rings. The Hall–Kier alpha value is -2.35. The summed E-state index contributed by atoms with van der Waals surface area (Å²) in [7, 11) is 1.47. The lowest BCUT2D eigenvalue weighted by molar-refractivity contribution is -0.130. The maximum absolute atomic E-state index is 14.2. The summed E-state index contributed by atoms with van der Waals surface area (Å²) in [5.74, 6) is -2.27. The van der Waals surface area contributed by atoms with Crippen LogP contribution in [0.15, 0.2) is 23.3 Å². The fourth-order valence-corrected chi connectivity index (χ4v) is 3.16. The van der Waals surface area contributed by atoms with Gasteiger partial charge in [-0.15, -0.1) is 0 Å². The van der Waals surface area contributed by atoms with Crippen molar-refractivity contribution in [3.63, 3.8) is 0 Å². The second-order valence-electron chi connectivity index (χ2n) is 6.47. The largest absolute Gasteiger partial charge is 0.393 e. The molecular weight excluding hydrogens is 332 g/mol. The van der Waals surface area contributed by atoms with Gasteiger partial charge in [0.05, 0.1) is 12.1 Å². The van der Waals surface area contributed by atoms with Crippen LogP contribution in [0.4, 0.5) is 8.78 Å². The number of halogens is 2. The van der Waals surface area contributed by atoms with E-state index >= 15 is 0 Å². The first-order chi connectivity index (χ1) is 11.8. The van der Waals surface area contributed by atoms with Crippen molar-refractivity contribution in [3.8, 4) is 0 Å². The van der Waals surface area contributed by atoms with Crippen LogP contribution in [0, 0.1) is 17.6 Å². The fraction of sp³-hybridized carbons (Fsp3) is 0.471. The third-order valence-corrected chi connectivity index (χ3v) is 4.67. The molecule has 1 aliphatic heterocycles. The van der Waals surface area contributed by atoms with E-state index in [0.29, 0.717) is 12.8 Å². The Labute approximate surface area is 143 Å². The summed E-state index contributed by atoms with van der Waals surface area (Å²) in [6, 6.07) is 2.52. The van der Waals surface area contributed by atoms with E-state index < -0.39 is 29.7 Å². The van der Waals surface area contributed by atoms with Crippen LogP contribution in [0.25, 0.3) is 0 Å². The molecule has 6 nitrogen and oxygen atoms in total. The molecule has 1 atom stereocenters. The molecule has 25 heavy (non-hydrogen) atoms. The van der Waals surface area contributed by atoms with Gasteiger partial charge in [-0.1, -0.05) is 6.07 Å². The third-order valence-electron chi connectivity index (χ3n) is 4.67. The predicted octanol–water partition coefficient (Wildman–Crippen LogP) is 1.50. The number of carbonyl (C=O) groups excluding carboxylic acids is 2. The van der Waals surface area contributed by atoms with Gasteiger partial charge in [-0.25, -0.2) is 13.8 Å². The average Bonchev–Trinajstić information content (AvgIpc) is 2.53. The summed E-state index contributed by atoms with van der Waals surface area (Å²) in [5, 5.41) is 17.3. The van der Waals surface area contributed by atoms with Crippen molar-refractivity contribution in [2.24, 2.45) is 11.0 Å². The monoisotopic (exact) mass is 351 g/mol. The molecule has 0 radical (unpaired) electrons. The lowest BCUT2D eigenvalue weighted by atomic mass is 9.75. The van der Waals surface area contributed by atoms with E-state index in [0.717, 1.165) is 17.1 Å². The number of aliphatic hydroxyl groups excluding tert-OH is 1. The zero-order valence-corrected chi connectivity index (χ0v) is 13.7. The second kappa shape index (κ2) is 6.87. The van der Waals surface area contributed by atoms with E-state index in [1.807, 2.05) is 0 Å². The predicted molar refractivity (Wildman–Crippen MR) is 85.4 cm³/mol. The van der Waals surface area contributed by atoms with E-state index in [-0.39, 0.29) is 35.9 Å². The number of rotatable bonds is 4. The van der Waals surface area contributed by atoms with Crippen LogP contribution in [0.1, 0.15) is 37.3 Å². The van der Waals surface area contributed by atoms with Crippen LogP contribution < -0.4 is 5.32 Å². The Morgan fingerprint density at radius 1 is 1.36 bits per heavy atom. The van der Waals surface area contributed by atoms with Crippen LogP contribution in [-0.2, 0) is 9.59 Å². The molecule has 1 fully saturated rings. The number of carbonyl (C=O) groups is 2. The van der Waals surface area contributed by atoms with Gasteiger partial charge in [-0.2, -0.15) is 5.10 Å². The van der Waals surface area contributed by atoms with Crippen molar-refractivity contribution < 1.29 is 23.5 Å². The standard InChI is InChI=1S/C17H19F2N3O3/c1-22-15(24)5-4-14(21-22)17(25)20-16(9-6-11(23)7-9)12-3-2-10(18)8-13(12)19/h2-3,8-9,11,16,23H,4-7H2,1H3,(H,20,25)/t9?,11?,16-/m1/s1. The molecule has 134 valence electrons. The molecule has 2 aliphatic rings. The van der Waals surface area contributed by atoms with Gasteiger partial charge < -0.3 is 10.4 Å². The summed E-state index contributed by atoms with van der Waals surface area (Å²) >= 11 is 0. The number of amides is 2. The lowest BCUT2D eigenvalue weighted by Gasteiger charge is -2.38. The summed E-state index contributed by atoms with van der Waals surface area (Å²) in [6.45, 7) is 0. The number of nitrogens with one attached hydrogen (secondary N) is 1. The number of hydrazone groups is 1. The maximum Gasteiger partial charge on any atom is 0.267 e. The SMILES string of the molecule is CN1N=C(C(=O)N[C@@H](c2ccc(F)cc2F)C2CC(O)C2)CCC1=O. The van der Waals surface area contributed by atoms with Crippen molar-refractivity contribution in [3.05, 3.63) is 35.4 Å². The average molecular weight is 351 g/mol. The van der Waals surface area contributed by atoms with E-state index in [9.17, 15) is 23.5 Å². The normalized spacial score (nSPS) is 24.4. The lowest BCUT2D eigenvalue weighted by Crippen LogP contribution is -2.45. The van der Waals surface area contributed by atoms with E-state index in [1.165, 1.54) is 13.1 Å². The summed E-state index contributed by atoms with van der Waals surface area (Å²) in [4.78, 5) is 24.0. The Kier molecular flexibility index (Phi) is 4.80.